The van der Waals surface area contributed by atoms with Crippen molar-refractivity contribution in [2.75, 3.05) is 9.80 Å². The molecule has 0 saturated carbocycles. The van der Waals surface area contributed by atoms with Gasteiger partial charge in [-0.1, -0.05) is 171 Å². The summed E-state index contributed by atoms with van der Waals surface area (Å²) in [4.78, 5) is 8.95. The van der Waals surface area contributed by atoms with Crippen LogP contribution < -0.4 is 14.5 Å². The number of aromatic nitrogens is 2. The molecule has 0 unspecified atom stereocenters. The second-order valence-electron chi connectivity index (χ2n) is 24.3. The Bertz CT molecular complexity index is 4210. The first-order chi connectivity index (χ1) is 38.7. The second-order valence-corrected chi connectivity index (χ2v) is 24.3. The average molecular weight is 1260 g/mol. The number of rotatable bonds is 9. The molecule has 414 valence electrons. The van der Waals surface area contributed by atoms with Crippen LogP contribution in [0, 0.1) is 43.2 Å². The van der Waals surface area contributed by atoms with Gasteiger partial charge in [-0.2, -0.15) is 6.07 Å². The third-order valence-electron chi connectivity index (χ3n) is 15.5. The zero-order valence-electron chi connectivity index (χ0n) is 47.6. The van der Waals surface area contributed by atoms with Crippen LogP contribution in [0.3, 0.4) is 0 Å². The number of aryl methyl sites for hydroxylation is 1. The Hall–Kier alpha value is -8.19. The Kier molecular flexibility index (Phi) is 14.5. The maximum absolute atomic E-state index is 16.8. The Labute approximate surface area is 494 Å². The number of anilines is 4. The van der Waals surface area contributed by atoms with E-state index in [1.807, 2.05) is 120 Å². The third-order valence-corrected chi connectivity index (χ3v) is 15.5. The van der Waals surface area contributed by atoms with Gasteiger partial charge in [-0.3, -0.25) is 0 Å². The molecule has 0 radical (unpaired) electrons. The summed E-state index contributed by atoms with van der Waals surface area (Å²) in [5, 5.41) is 2.09. The van der Waals surface area contributed by atoms with E-state index < -0.39 is 17.5 Å². The molecular weight excluding hydrogens is 1200 g/mol. The molecule has 0 atom stereocenters. The van der Waals surface area contributed by atoms with Crippen molar-refractivity contribution in [3.8, 4) is 61.8 Å². The Morgan fingerprint density at radius 2 is 1.10 bits per heavy atom. The minimum atomic E-state index is -1.01. The zero-order chi connectivity index (χ0) is 56.7. The number of ether oxygens (including phenoxy) is 1. The summed E-state index contributed by atoms with van der Waals surface area (Å²) in [6.45, 7) is 23.8. The molecule has 0 spiro atoms. The van der Waals surface area contributed by atoms with Crippen molar-refractivity contribution < 1.29 is 39.0 Å². The van der Waals surface area contributed by atoms with Crippen LogP contribution in [0.4, 0.5) is 35.9 Å². The molecule has 3 heterocycles. The Balaban J connectivity index is 0.00000705. The third kappa shape index (κ3) is 10.4. The summed E-state index contributed by atoms with van der Waals surface area (Å²) in [5.41, 5.74) is 13.3. The van der Waals surface area contributed by atoms with Crippen molar-refractivity contribution in [2.45, 2.75) is 85.5 Å². The fourth-order valence-electron chi connectivity index (χ4n) is 11.1. The maximum Gasteiger partial charge on any atom is 0.136 e. The number of benzene rings is 9. The number of pyridine rings is 1. The summed E-state index contributed by atoms with van der Waals surface area (Å²) < 4.78 is 57.8. The SMILES string of the molecule is Cc1ccccc1-c1cc(Oc2[c-]c3c(cc2)c2ccccc2n3-c2cc(C(C)(C)C)ccn2)[c-]c(N2[CH-]N(c3c(-c4cc(C(C)(C)C)cc(C(C)(C)C)c4)cc(-c4ccccc4)cc3-c3c(F)cc(F)cc3F)c3ccccc32)c1.[Pt]. The summed E-state index contributed by atoms with van der Waals surface area (Å²) in [6.07, 6.45) is 1.87. The molecule has 0 N–H and O–H groups in total. The number of hydrogen-bond acceptors (Lipinski definition) is 4. The van der Waals surface area contributed by atoms with Crippen molar-refractivity contribution >= 4 is 44.6 Å². The van der Waals surface area contributed by atoms with Crippen molar-refractivity contribution in [1.82, 2.24) is 9.55 Å². The minimum Gasteiger partial charge on any atom is -0.509 e. The van der Waals surface area contributed by atoms with Crippen molar-refractivity contribution in [2.24, 2.45) is 0 Å². The monoisotopic (exact) mass is 1260 g/mol. The molecule has 0 bridgehead atoms. The fourth-order valence-corrected chi connectivity index (χ4v) is 11.1. The van der Waals surface area contributed by atoms with E-state index in [0.29, 0.717) is 22.9 Å². The van der Waals surface area contributed by atoms with Gasteiger partial charge in [0.15, 0.2) is 0 Å². The molecular formula is C73H62F3N4OPt-3. The molecule has 0 saturated heterocycles. The number of fused-ring (bicyclic) bond motifs is 4. The first kappa shape index (κ1) is 55.7. The molecule has 2 aromatic heterocycles. The number of para-hydroxylation sites is 3. The molecule has 82 heavy (non-hydrogen) atoms. The van der Waals surface area contributed by atoms with Gasteiger partial charge in [0.05, 0.1) is 5.56 Å². The van der Waals surface area contributed by atoms with E-state index in [4.69, 9.17) is 9.72 Å². The van der Waals surface area contributed by atoms with Crippen molar-refractivity contribution in [1.29, 1.82) is 0 Å². The molecule has 9 heteroatoms. The van der Waals surface area contributed by atoms with E-state index in [9.17, 15) is 0 Å². The largest absolute Gasteiger partial charge is 0.509 e. The van der Waals surface area contributed by atoms with Crippen LogP contribution >= 0.6 is 0 Å². The van der Waals surface area contributed by atoms with Gasteiger partial charge in [0.25, 0.3) is 0 Å². The van der Waals surface area contributed by atoms with E-state index in [1.54, 1.807) is 0 Å². The van der Waals surface area contributed by atoms with E-state index in [2.05, 4.69) is 159 Å². The summed E-state index contributed by atoms with van der Waals surface area (Å²) in [6, 6.07) is 66.1. The van der Waals surface area contributed by atoms with E-state index in [-0.39, 0.29) is 48.4 Å². The first-order valence-corrected chi connectivity index (χ1v) is 27.5. The molecule has 0 aliphatic carbocycles. The van der Waals surface area contributed by atoms with Crippen LogP contribution in [0.25, 0.3) is 72.1 Å². The van der Waals surface area contributed by atoms with Crippen LogP contribution in [0.5, 0.6) is 11.5 Å². The summed E-state index contributed by atoms with van der Waals surface area (Å²) >= 11 is 0. The van der Waals surface area contributed by atoms with Gasteiger partial charge in [0.2, 0.25) is 0 Å². The predicted molar refractivity (Wildman–Crippen MR) is 327 cm³/mol. The van der Waals surface area contributed by atoms with Gasteiger partial charge in [-0.05, 0) is 116 Å². The zero-order valence-corrected chi connectivity index (χ0v) is 49.9. The van der Waals surface area contributed by atoms with Gasteiger partial charge in [0.1, 0.15) is 23.3 Å². The molecule has 5 nitrogen and oxygen atoms in total. The Morgan fingerprint density at radius 3 is 1.78 bits per heavy atom. The average Bonchev–Trinajstić information content (AvgIpc) is 3.88. The maximum atomic E-state index is 16.8. The predicted octanol–water partition coefficient (Wildman–Crippen LogP) is 20.3. The molecule has 0 fully saturated rings. The Morgan fingerprint density at radius 1 is 0.488 bits per heavy atom. The van der Waals surface area contributed by atoms with Crippen LogP contribution in [-0.4, -0.2) is 9.55 Å². The quantitative estimate of drug-likeness (QED) is 0.135. The normalized spacial score (nSPS) is 12.7. The molecule has 1 aliphatic rings. The van der Waals surface area contributed by atoms with Gasteiger partial charge < -0.3 is 19.1 Å². The summed E-state index contributed by atoms with van der Waals surface area (Å²) in [7, 11) is 0. The van der Waals surface area contributed by atoms with E-state index in [0.717, 1.165) is 107 Å². The smallest absolute Gasteiger partial charge is 0.136 e. The second kappa shape index (κ2) is 21.3. The van der Waals surface area contributed by atoms with Gasteiger partial charge in [-0.15, -0.1) is 53.6 Å². The topological polar surface area (TPSA) is 33.5 Å². The van der Waals surface area contributed by atoms with Gasteiger partial charge >= 0.3 is 0 Å². The van der Waals surface area contributed by atoms with Crippen LogP contribution in [0.2, 0.25) is 0 Å². The van der Waals surface area contributed by atoms with E-state index >= 15 is 13.2 Å². The van der Waals surface area contributed by atoms with Gasteiger partial charge in [-0.25, -0.2) is 18.2 Å². The molecule has 12 rings (SSSR count). The number of nitrogens with zero attached hydrogens (tertiary/aromatic N) is 4. The van der Waals surface area contributed by atoms with Crippen molar-refractivity contribution in [3.63, 3.8) is 0 Å². The minimum absolute atomic E-state index is 0. The van der Waals surface area contributed by atoms with Gasteiger partial charge in [0, 0.05) is 84.6 Å². The number of halogens is 3. The molecule has 1 aliphatic heterocycles. The fraction of sp³-hybridized carbons (Fsp3) is 0.178. The number of hydrogen-bond donors (Lipinski definition) is 0. The van der Waals surface area contributed by atoms with Crippen LogP contribution in [-0.2, 0) is 37.3 Å². The first-order valence-electron chi connectivity index (χ1n) is 27.5. The van der Waals surface area contributed by atoms with E-state index in [1.165, 1.54) is 0 Å². The molecule has 9 aromatic carbocycles. The molecule has 11 aromatic rings. The molecule has 0 amide bonds. The van der Waals surface area contributed by atoms with Crippen LogP contribution in [0.15, 0.2) is 188 Å². The van der Waals surface area contributed by atoms with Crippen LogP contribution in [0.1, 0.15) is 84.6 Å². The van der Waals surface area contributed by atoms with Crippen molar-refractivity contribution in [3.05, 3.63) is 247 Å². The standard InChI is InChI=1S/C73H62F3N4O.Pt/c1-45-20-14-15-23-57(45)49-34-54(42-56(35-49)81-55-28-29-59-58-24-16-17-25-64(58)80(67(59)43-55)68-39-50(30-31-77-68)71(2,3)4)78-44-79(66-27-19-18-26-65(66)78)70-60(48-32-51(72(5,6)7)38-52(33-48)73(8,9)10)36-47(46-21-12-11-13-22-46)37-61(70)69-62(75)40-53(74)41-63(69)76;/h11-41,44H,1-10H3;/q-3;. The summed E-state index contributed by atoms with van der Waals surface area (Å²) in [5.74, 6) is -1.32.